The lowest BCUT2D eigenvalue weighted by Gasteiger charge is -2.19. The molecule has 0 saturated heterocycles. The van der Waals surface area contributed by atoms with Gasteiger partial charge in [-0.1, -0.05) is 6.07 Å². The molecule has 0 bridgehead atoms. The molecule has 0 amide bonds. The highest BCUT2D eigenvalue weighted by molar-refractivity contribution is 5.69. The molecule has 1 fully saturated rings. The number of nitrogens with two attached hydrogens (primary N) is 2. The SMILES string of the molecule is Nc1cnc(NO)cc1N(N)Cc1cn2cc(C3CC3)ccc2n1. The van der Waals surface area contributed by atoms with Crippen molar-refractivity contribution in [1.29, 1.82) is 0 Å². The highest BCUT2D eigenvalue weighted by Gasteiger charge is 2.23. The average molecular weight is 325 g/mol. The van der Waals surface area contributed by atoms with Crippen LogP contribution in [0.4, 0.5) is 17.2 Å². The Hall–Kier alpha value is -2.84. The van der Waals surface area contributed by atoms with Crippen molar-refractivity contribution >= 4 is 22.8 Å². The number of aromatic nitrogens is 3. The molecular formula is C16H19N7O. The lowest BCUT2D eigenvalue weighted by Crippen LogP contribution is -2.31. The third kappa shape index (κ3) is 2.72. The summed E-state index contributed by atoms with van der Waals surface area (Å²) in [5, 5.41) is 10.5. The molecule has 24 heavy (non-hydrogen) atoms. The zero-order valence-corrected chi connectivity index (χ0v) is 13.1. The van der Waals surface area contributed by atoms with Gasteiger partial charge in [-0.3, -0.25) is 10.7 Å². The minimum absolute atomic E-state index is 0.277. The van der Waals surface area contributed by atoms with E-state index in [2.05, 4.69) is 22.2 Å². The number of nitrogens with one attached hydrogen (secondary N) is 1. The molecule has 0 atom stereocenters. The molecule has 8 heteroatoms. The van der Waals surface area contributed by atoms with Crippen LogP contribution in [0.2, 0.25) is 0 Å². The van der Waals surface area contributed by atoms with Crippen molar-refractivity contribution in [3.05, 3.63) is 48.0 Å². The molecule has 3 heterocycles. The number of nitrogen functional groups attached to an aromatic ring is 1. The van der Waals surface area contributed by atoms with Crippen molar-refractivity contribution in [2.45, 2.75) is 25.3 Å². The van der Waals surface area contributed by atoms with E-state index in [-0.39, 0.29) is 5.82 Å². The molecule has 4 rings (SSSR count). The van der Waals surface area contributed by atoms with Crippen LogP contribution < -0.4 is 22.1 Å². The first-order valence-corrected chi connectivity index (χ1v) is 7.79. The third-order valence-corrected chi connectivity index (χ3v) is 4.24. The highest BCUT2D eigenvalue weighted by atomic mass is 16.5. The summed E-state index contributed by atoms with van der Waals surface area (Å²) in [6, 6.07) is 5.76. The van der Waals surface area contributed by atoms with Crippen LogP contribution in [0.25, 0.3) is 5.65 Å². The Balaban J connectivity index is 1.59. The predicted octanol–water partition coefficient (Wildman–Crippen LogP) is 1.87. The molecule has 3 aromatic heterocycles. The van der Waals surface area contributed by atoms with Gasteiger partial charge in [0.05, 0.1) is 29.8 Å². The zero-order chi connectivity index (χ0) is 16.7. The summed E-state index contributed by atoms with van der Waals surface area (Å²) in [6.45, 7) is 0.388. The van der Waals surface area contributed by atoms with Gasteiger partial charge >= 0.3 is 0 Å². The van der Waals surface area contributed by atoms with Gasteiger partial charge in [0.15, 0.2) is 5.82 Å². The summed E-state index contributed by atoms with van der Waals surface area (Å²) in [7, 11) is 0. The van der Waals surface area contributed by atoms with E-state index >= 15 is 0 Å². The normalized spacial score (nSPS) is 14.1. The van der Waals surface area contributed by atoms with Crippen LogP contribution in [-0.4, -0.2) is 19.6 Å². The van der Waals surface area contributed by atoms with E-state index in [0.717, 1.165) is 11.3 Å². The number of hydrogen-bond acceptors (Lipinski definition) is 7. The Morgan fingerprint density at radius 3 is 2.92 bits per heavy atom. The van der Waals surface area contributed by atoms with Crippen molar-refractivity contribution in [3.8, 4) is 0 Å². The van der Waals surface area contributed by atoms with Gasteiger partial charge in [0.25, 0.3) is 0 Å². The summed E-state index contributed by atoms with van der Waals surface area (Å²) in [5.74, 6) is 7.11. The number of hydrogen-bond donors (Lipinski definition) is 4. The zero-order valence-electron chi connectivity index (χ0n) is 13.1. The molecule has 0 unspecified atom stereocenters. The van der Waals surface area contributed by atoms with Gasteiger partial charge < -0.3 is 15.1 Å². The number of nitrogens with zero attached hydrogens (tertiary/aromatic N) is 4. The van der Waals surface area contributed by atoms with E-state index in [0.29, 0.717) is 23.8 Å². The van der Waals surface area contributed by atoms with E-state index in [4.69, 9.17) is 16.8 Å². The smallest absolute Gasteiger partial charge is 0.151 e. The first-order chi connectivity index (χ1) is 11.6. The number of anilines is 3. The van der Waals surface area contributed by atoms with Gasteiger partial charge in [0.2, 0.25) is 0 Å². The van der Waals surface area contributed by atoms with Crippen molar-refractivity contribution in [2.75, 3.05) is 16.2 Å². The Morgan fingerprint density at radius 2 is 2.17 bits per heavy atom. The molecule has 0 spiro atoms. The lowest BCUT2D eigenvalue weighted by molar-refractivity contribution is 0.386. The predicted molar refractivity (Wildman–Crippen MR) is 91.6 cm³/mol. The van der Waals surface area contributed by atoms with E-state index in [1.54, 1.807) is 6.07 Å². The van der Waals surface area contributed by atoms with Crippen molar-refractivity contribution < 1.29 is 5.21 Å². The lowest BCUT2D eigenvalue weighted by atomic mass is 10.2. The summed E-state index contributed by atoms with van der Waals surface area (Å²) >= 11 is 0. The van der Waals surface area contributed by atoms with Crippen LogP contribution in [0.1, 0.15) is 30.0 Å². The summed E-state index contributed by atoms with van der Waals surface area (Å²) in [6.07, 6.45) is 8.10. The number of imidazole rings is 1. The molecule has 0 aromatic carbocycles. The second-order valence-corrected chi connectivity index (χ2v) is 6.10. The topological polar surface area (TPSA) is 118 Å². The first-order valence-electron chi connectivity index (χ1n) is 7.79. The number of pyridine rings is 2. The average Bonchev–Trinajstić information content (AvgIpc) is 3.35. The Morgan fingerprint density at radius 1 is 1.33 bits per heavy atom. The standard InChI is InChI=1S/C16H19N7O/c17-13-6-19-15(21-24)5-14(13)23(18)9-12-8-22-7-11(10-1-2-10)3-4-16(22)20-12/h3-8,10,24H,1-2,9,17-18H2,(H,19,21). The molecule has 124 valence electrons. The van der Waals surface area contributed by atoms with E-state index in [9.17, 15) is 0 Å². The maximum absolute atomic E-state index is 8.97. The minimum atomic E-state index is 0.277. The van der Waals surface area contributed by atoms with Gasteiger partial charge in [0.1, 0.15) is 5.65 Å². The van der Waals surface area contributed by atoms with Crippen molar-refractivity contribution in [1.82, 2.24) is 14.4 Å². The molecule has 1 aliphatic rings. The second-order valence-electron chi connectivity index (χ2n) is 6.10. The second kappa shape index (κ2) is 5.66. The fraction of sp³-hybridized carbons (Fsp3) is 0.250. The molecule has 1 saturated carbocycles. The van der Waals surface area contributed by atoms with Gasteiger partial charge in [-0.15, -0.1) is 0 Å². The molecule has 0 aliphatic heterocycles. The fourth-order valence-corrected chi connectivity index (χ4v) is 2.82. The quantitative estimate of drug-likeness (QED) is 0.418. The number of fused-ring (bicyclic) bond motifs is 1. The fourth-order valence-electron chi connectivity index (χ4n) is 2.82. The maximum Gasteiger partial charge on any atom is 0.151 e. The Kier molecular flexibility index (Phi) is 3.47. The maximum atomic E-state index is 8.97. The third-order valence-electron chi connectivity index (χ3n) is 4.24. The molecule has 1 aliphatic carbocycles. The van der Waals surface area contributed by atoms with Crippen LogP contribution in [0.3, 0.4) is 0 Å². The molecular weight excluding hydrogens is 306 g/mol. The van der Waals surface area contributed by atoms with Gasteiger partial charge in [-0.05, 0) is 30.4 Å². The summed E-state index contributed by atoms with van der Waals surface area (Å²) in [4.78, 5) is 8.52. The first kappa shape index (κ1) is 14.7. The summed E-state index contributed by atoms with van der Waals surface area (Å²) < 4.78 is 2.04. The van der Waals surface area contributed by atoms with E-state index < -0.39 is 0 Å². The molecule has 0 radical (unpaired) electrons. The monoisotopic (exact) mass is 325 g/mol. The van der Waals surface area contributed by atoms with Crippen molar-refractivity contribution in [3.63, 3.8) is 0 Å². The summed E-state index contributed by atoms with van der Waals surface area (Å²) in [5.41, 5.74) is 12.0. The van der Waals surface area contributed by atoms with Crippen LogP contribution in [0.5, 0.6) is 0 Å². The van der Waals surface area contributed by atoms with Gasteiger partial charge in [0, 0.05) is 18.5 Å². The van der Waals surface area contributed by atoms with Crippen LogP contribution in [0.15, 0.2) is 36.8 Å². The number of hydrazine groups is 1. The highest BCUT2D eigenvalue weighted by Crippen LogP contribution is 2.39. The Bertz CT molecular complexity index is 887. The van der Waals surface area contributed by atoms with Gasteiger partial charge in [-0.2, -0.15) is 0 Å². The largest absolute Gasteiger partial charge is 0.396 e. The van der Waals surface area contributed by atoms with Gasteiger partial charge in [-0.25, -0.2) is 15.8 Å². The Labute approximate surface area is 138 Å². The van der Waals surface area contributed by atoms with E-state index in [1.807, 2.05) is 22.1 Å². The molecule has 3 aromatic rings. The van der Waals surface area contributed by atoms with Crippen LogP contribution in [0, 0.1) is 0 Å². The van der Waals surface area contributed by atoms with Crippen LogP contribution in [-0.2, 0) is 6.54 Å². The minimum Gasteiger partial charge on any atom is -0.396 e. The van der Waals surface area contributed by atoms with E-state index in [1.165, 1.54) is 29.6 Å². The molecule has 8 nitrogen and oxygen atoms in total. The number of rotatable bonds is 5. The van der Waals surface area contributed by atoms with Crippen molar-refractivity contribution in [2.24, 2.45) is 5.84 Å². The van der Waals surface area contributed by atoms with Crippen LogP contribution >= 0.6 is 0 Å². The molecule has 6 N–H and O–H groups in total.